The Labute approximate surface area is 157 Å². The second kappa shape index (κ2) is 6.53. The lowest BCUT2D eigenvalue weighted by molar-refractivity contribution is -0.0365. The molecule has 0 bridgehead atoms. The van der Waals surface area contributed by atoms with Gasteiger partial charge in [0.1, 0.15) is 5.69 Å². The Bertz CT molecular complexity index is 1170. The molecular formula is C23H19N3O. The summed E-state index contributed by atoms with van der Waals surface area (Å²) in [5.74, 6) is 0. The van der Waals surface area contributed by atoms with Crippen LogP contribution in [0.2, 0.25) is 0 Å². The molecule has 2 heterocycles. The van der Waals surface area contributed by atoms with E-state index in [4.69, 9.17) is 9.84 Å². The van der Waals surface area contributed by atoms with Crippen molar-refractivity contribution in [3.05, 3.63) is 66.2 Å². The first-order valence-electron chi connectivity index (χ1n) is 9.37. The summed E-state index contributed by atoms with van der Waals surface area (Å²) in [7, 11) is 0. The van der Waals surface area contributed by atoms with Crippen molar-refractivity contribution in [2.24, 2.45) is 0 Å². The highest BCUT2D eigenvalue weighted by atomic mass is 16.5. The zero-order chi connectivity index (χ0) is 18.2. The lowest BCUT2D eigenvalue weighted by Gasteiger charge is -2.23. The van der Waals surface area contributed by atoms with Crippen molar-refractivity contribution in [1.29, 1.82) is 5.26 Å². The highest BCUT2D eigenvalue weighted by molar-refractivity contribution is 6.03. The average molecular weight is 353 g/mol. The fourth-order valence-corrected chi connectivity index (χ4v) is 3.98. The SMILES string of the molecule is N#Cc1ccc2c(c1)c(-c1cccc3ccccc13)nn2C1CCCCO1. The second-order valence-electron chi connectivity index (χ2n) is 6.98. The van der Waals surface area contributed by atoms with Crippen LogP contribution < -0.4 is 0 Å². The Kier molecular flexibility index (Phi) is 3.88. The third-order valence-corrected chi connectivity index (χ3v) is 5.31. The summed E-state index contributed by atoms with van der Waals surface area (Å²) in [5, 5.41) is 17.7. The molecule has 0 radical (unpaired) electrons. The molecule has 3 aromatic carbocycles. The molecule has 5 rings (SSSR count). The molecule has 1 saturated heterocycles. The third-order valence-electron chi connectivity index (χ3n) is 5.31. The lowest BCUT2D eigenvalue weighted by atomic mass is 9.99. The van der Waals surface area contributed by atoms with Crippen molar-refractivity contribution < 1.29 is 4.74 Å². The van der Waals surface area contributed by atoms with E-state index in [9.17, 15) is 5.26 Å². The minimum atomic E-state index is -0.0436. The Balaban J connectivity index is 1.79. The average Bonchev–Trinajstić information content (AvgIpc) is 3.12. The Morgan fingerprint density at radius 1 is 1.00 bits per heavy atom. The summed E-state index contributed by atoms with van der Waals surface area (Å²) in [4.78, 5) is 0. The molecule has 0 saturated carbocycles. The van der Waals surface area contributed by atoms with Gasteiger partial charge in [-0.1, -0.05) is 42.5 Å². The molecule has 1 aliphatic heterocycles. The number of hydrogen-bond donors (Lipinski definition) is 0. The first-order valence-corrected chi connectivity index (χ1v) is 9.37. The second-order valence-corrected chi connectivity index (χ2v) is 6.98. The van der Waals surface area contributed by atoms with Gasteiger partial charge in [-0.25, -0.2) is 4.68 Å². The van der Waals surface area contributed by atoms with Crippen molar-refractivity contribution in [3.8, 4) is 17.3 Å². The lowest BCUT2D eigenvalue weighted by Crippen LogP contribution is -2.19. The van der Waals surface area contributed by atoms with E-state index in [0.29, 0.717) is 5.56 Å². The van der Waals surface area contributed by atoms with E-state index in [0.717, 1.165) is 48.0 Å². The molecule has 4 heteroatoms. The van der Waals surface area contributed by atoms with Crippen molar-refractivity contribution in [2.45, 2.75) is 25.5 Å². The molecule has 27 heavy (non-hydrogen) atoms. The Morgan fingerprint density at radius 2 is 1.89 bits per heavy atom. The molecule has 4 nitrogen and oxygen atoms in total. The van der Waals surface area contributed by atoms with Gasteiger partial charge in [0, 0.05) is 17.6 Å². The predicted molar refractivity (Wildman–Crippen MR) is 106 cm³/mol. The number of benzene rings is 3. The molecule has 4 aromatic rings. The van der Waals surface area contributed by atoms with Gasteiger partial charge in [0.25, 0.3) is 0 Å². The predicted octanol–water partition coefficient (Wildman–Crippen LogP) is 5.43. The van der Waals surface area contributed by atoms with Gasteiger partial charge in [-0.2, -0.15) is 10.4 Å². The van der Waals surface area contributed by atoms with Crippen LogP contribution in [0.3, 0.4) is 0 Å². The standard InChI is InChI=1S/C23H19N3O/c24-15-16-11-12-21-20(14-16)23(25-26(21)22-10-3-4-13-27-22)19-9-5-7-17-6-1-2-8-18(17)19/h1-2,5-9,11-12,14,22H,3-4,10,13H2. The van der Waals surface area contributed by atoms with Gasteiger partial charge in [0.15, 0.2) is 6.23 Å². The van der Waals surface area contributed by atoms with Gasteiger partial charge in [-0.3, -0.25) is 0 Å². The summed E-state index contributed by atoms with van der Waals surface area (Å²) in [5.41, 5.74) is 3.66. The van der Waals surface area contributed by atoms with E-state index in [1.165, 1.54) is 10.8 Å². The van der Waals surface area contributed by atoms with Gasteiger partial charge in [0.2, 0.25) is 0 Å². The first-order chi connectivity index (χ1) is 13.3. The maximum atomic E-state index is 9.38. The van der Waals surface area contributed by atoms with E-state index in [-0.39, 0.29) is 6.23 Å². The molecule has 1 aromatic heterocycles. The van der Waals surface area contributed by atoms with E-state index >= 15 is 0 Å². The molecular weight excluding hydrogens is 334 g/mol. The van der Waals surface area contributed by atoms with Crippen molar-refractivity contribution >= 4 is 21.7 Å². The van der Waals surface area contributed by atoms with Crippen LogP contribution in [0.15, 0.2) is 60.7 Å². The zero-order valence-electron chi connectivity index (χ0n) is 14.9. The fraction of sp³-hybridized carbons (Fsp3) is 0.217. The summed E-state index contributed by atoms with van der Waals surface area (Å²) >= 11 is 0. The van der Waals surface area contributed by atoms with Crippen LogP contribution in [0.25, 0.3) is 32.9 Å². The Hall–Kier alpha value is -3.16. The number of rotatable bonds is 2. The van der Waals surface area contributed by atoms with Crippen LogP contribution in [-0.2, 0) is 4.74 Å². The molecule has 0 amide bonds. The summed E-state index contributed by atoms with van der Waals surface area (Å²) in [6, 6.07) is 22.7. The third kappa shape index (κ3) is 2.68. The summed E-state index contributed by atoms with van der Waals surface area (Å²) in [6.45, 7) is 0.770. The number of nitrogens with zero attached hydrogens (tertiary/aromatic N) is 3. The zero-order valence-corrected chi connectivity index (χ0v) is 14.9. The van der Waals surface area contributed by atoms with Gasteiger partial charge < -0.3 is 4.74 Å². The molecule has 0 aliphatic carbocycles. The van der Waals surface area contributed by atoms with Crippen molar-refractivity contribution in [3.63, 3.8) is 0 Å². The number of nitriles is 1. The van der Waals surface area contributed by atoms with Crippen LogP contribution in [0.1, 0.15) is 31.1 Å². The van der Waals surface area contributed by atoms with Gasteiger partial charge in [-0.05, 0) is 48.2 Å². The smallest absolute Gasteiger partial charge is 0.150 e. The highest BCUT2D eigenvalue weighted by Gasteiger charge is 2.22. The highest BCUT2D eigenvalue weighted by Crippen LogP contribution is 2.36. The fourth-order valence-electron chi connectivity index (χ4n) is 3.98. The van der Waals surface area contributed by atoms with Gasteiger partial charge in [0.05, 0.1) is 17.1 Å². The maximum absolute atomic E-state index is 9.38. The van der Waals surface area contributed by atoms with Crippen molar-refractivity contribution in [1.82, 2.24) is 9.78 Å². The minimum absolute atomic E-state index is 0.0436. The van der Waals surface area contributed by atoms with Crippen LogP contribution >= 0.6 is 0 Å². The van der Waals surface area contributed by atoms with Crippen molar-refractivity contribution in [2.75, 3.05) is 6.61 Å². The van der Waals surface area contributed by atoms with Crippen LogP contribution in [0, 0.1) is 11.3 Å². The largest absolute Gasteiger partial charge is 0.356 e. The molecule has 1 atom stereocenters. The first kappa shape index (κ1) is 16.0. The van der Waals surface area contributed by atoms with E-state index in [1.807, 2.05) is 28.9 Å². The quantitative estimate of drug-likeness (QED) is 0.483. The topological polar surface area (TPSA) is 50.8 Å². The molecule has 1 fully saturated rings. The Morgan fingerprint density at radius 3 is 2.74 bits per heavy atom. The number of hydrogen-bond acceptors (Lipinski definition) is 3. The molecule has 1 unspecified atom stereocenters. The van der Waals surface area contributed by atoms with Gasteiger partial charge >= 0.3 is 0 Å². The normalized spacial score (nSPS) is 17.2. The summed E-state index contributed by atoms with van der Waals surface area (Å²) in [6.07, 6.45) is 3.17. The molecule has 0 spiro atoms. The van der Waals surface area contributed by atoms with E-state index < -0.39 is 0 Å². The maximum Gasteiger partial charge on any atom is 0.150 e. The monoisotopic (exact) mass is 353 g/mol. The van der Waals surface area contributed by atoms with E-state index in [2.05, 4.69) is 42.5 Å². The van der Waals surface area contributed by atoms with Gasteiger partial charge in [-0.15, -0.1) is 0 Å². The van der Waals surface area contributed by atoms with Crippen LogP contribution in [0.5, 0.6) is 0 Å². The number of aromatic nitrogens is 2. The number of ether oxygens (including phenoxy) is 1. The summed E-state index contributed by atoms with van der Waals surface area (Å²) < 4.78 is 8.01. The van der Waals surface area contributed by atoms with Crippen LogP contribution in [-0.4, -0.2) is 16.4 Å². The number of fused-ring (bicyclic) bond motifs is 2. The van der Waals surface area contributed by atoms with Crippen LogP contribution in [0.4, 0.5) is 0 Å². The van der Waals surface area contributed by atoms with E-state index in [1.54, 1.807) is 0 Å². The minimum Gasteiger partial charge on any atom is -0.356 e. The molecule has 132 valence electrons. The molecule has 1 aliphatic rings. The molecule has 0 N–H and O–H groups in total.